The third kappa shape index (κ3) is 3.97. The van der Waals surface area contributed by atoms with Crippen LogP contribution in [-0.4, -0.2) is 48.7 Å². The number of halogens is 2. The molecule has 2 aromatic heterocycles. The van der Waals surface area contributed by atoms with Crippen LogP contribution in [0.3, 0.4) is 0 Å². The summed E-state index contributed by atoms with van der Waals surface area (Å²) in [6.45, 7) is 4.50. The number of nitrogens with zero attached hydrogens (tertiary/aromatic N) is 5. The van der Waals surface area contributed by atoms with Gasteiger partial charge in [0, 0.05) is 44.0 Å². The smallest absolute Gasteiger partial charge is 0.339 e. The molecule has 0 aliphatic carbocycles. The predicted octanol–water partition coefficient (Wildman–Crippen LogP) is 3.80. The van der Waals surface area contributed by atoms with Crippen molar-refractivity contribution < 1.29 is 13.9 Å². The lowest BCUT2D eigenvalue weighted by Crippen LogP contribution is -2.47. The number of rotatable bonds is 4. The molecule has 0 spiro atoms. The Hall–Kier alpha value is -3.44. The van der Waals surface area contributed by atoms with Gasteiger partial charge in [-0.3, -0.25) is 4.98 Å². The van der Waals surface area contributed by atoms with Gasteiger partial charge in [0.15, 0.2) is 0 Å². The number of aromatic nitrogens is 2. The molecule has 7 nitrogen and oxygen atoms in total. The summed E-state index contributed by atoms with van der Waals surface area (Å²) in [5, 5.41) is 10.4. The van der Waals surface area contributed by atoms with Crippen molar-refractivity contribution in [3.8, 4) is 6.07 Å². The summed E-state index contributed by atoms with van der Waals surface area (Å²) < 4.78 is 19.3. The Balaban J connectivity index is 1.57. The number of fused-ring (bicyclic) bond motifs is 1. The van der Waals surface area contributed by atoms with E-state index in [9.17, 15) is 14.4 Å². The van der Waals surface area contributed by atoms with E-state index in [2.05, 4.69) is 20.9 Å². The van der Waals surface area contributed by atoms with Crippen molar-refractivity contribution in [3.05, 3.63) is 58.6 Å². The molecule has 158 valence electrons. The van der Waals surface area contributed by atoms with Gasteiger partial charge in [0.1, 0.15) is 23.2 Å². The van der Waals surface area contributed by atoms with E-state index in [0.29, 0.717) is 60.0 Å². The van der Waals surface area contributed by atoms with E-state index in [1.807, 2.05) is 4.90 Å². The van der Waals surface area contributed by atoms with Gasteiger partial charge in [0.2, 0.25) is 0 Å². The molecule has 3 aromatic rings. The molecular weight excluding hydrogens is 421 g/mol. The number of nitriles is 1. The number of carbonyl (C=O) groups excluding carboxylic acids is 1. The monoisotopic (exact) mass is 439 g/mol. The minimum absolute atomic E-state index is 0.153. The van der Waals surface area contributed by atoms with Crippen molar-refractivity contribution in [1.82, 2.24) is 9.97 Å². The summed E-state index contributed by atoms with van der Waals surface area (Å²) in [5.41, 5.74) is 1.51. The number of hydrogen-bond donors (Lipinski definition) is 0. The molecule has 4 rings (SSSR count). The second-order valence-corrected chi connectivity index (χ2v) is 7.39. The van der Waals surface area contributed by atoms with Gasteiger partial charge in [-0.25, -0.2) is 14.2 Å². The van der Waals surface area contributed by atoms with Crippen molar-refractivity contribution in [2.75, 3.05) is 42.6 Å². The second-order valence-electron chi connectivity index (χ2n) is 6.98. The van der Waals surface area contributed by atoms with Crippen molar-refractivity contribution in [1.29, 1.82) is 5.26 Å². The topological polar surface area (TPSA) is 82.4 Å². The lowest BCUT2D eigenvalue weighted by atomic mass is 10.1. The third-order valence-electron chi connectivity index (χ3n) is 5.19. The average Bonchev–Trinajstić information content (AvgIpc) is 2.81. The maximum absolute atomic E-state index is 14.3. The largest absolute Gasteiger partial charge is 0.462 e. The van der Waals surface area contributed by atoms with Crippen LogP contribution in [0.1, 0.15) is 22.8 Å². The summed E-state index contributed by atoms with van der Waals surface area (Å²) in [7, 11) is 0. The fourth-order valence-corrected chi connectivity index (χ4v) is 3.94. The fraction of sp³-hybridized carbons (Fsp3) is 0.273. The minimum atomic E-state index is -0.477. The van der Waals surface area contributed by atoms with Crippen LogP contribution in [-0.2, 0) is 4.74 Å². The van der Waals surface area contributed by atoms with Crippen molar-refractivity contribution in [2.45, 2.75) is 6.92 Å². The van der Waals surface area contributed by atoms with Crippen LogP contribution in [0.5, 0.6) is 0 Å². The number of ether oxygens (including phenoxy) is 1. The molecule has 9 heteroatoms. The van der Waals surface area contributed by atoms with Gasteiger partial charge in [0.05, 0.1) is 28.4 Å². The molecule has 3 heterocycles. The van der Waals surface area contributed by atoms with Crippen LogP contribution in [0.15, 0.2) is 36.7 Å². The Morgan fingerprint density at radius 1 is 1.16 bits per heavy atom. The minimum Gasteiger partial charge on any atom is -0.462 e. The molecule has 1 saturated heterocycles. The number of piperazine rings is 1. The predicted molar refractivity (Wildman–Crippen MR) is 116 cm³/mol. The molecule has 1 aliphatic heterocycles. The van der Waals surface area contributed by atoms with Crippen molar-refractivity contribution >= 4 is 40.0 Å². The fourth-order valence-electron chi connectivity index (χ4n) is 3.70. The summed E-state index contributed by atoms with van der Waals surface area (Å²) in [6, 6.07) is 8.39. The van der Waals surface area contributed by atoms with Crippen LogP contribution in [0, 0.1) is 17.1 Å². The molecule has 0 amide bonds. The van der Waals surface area contributed by atoms with Crippen LogP contribution in [0.2, 0.25) is 5.02 Å². The van der Waals surface area contributed by atoms with Gasteiger partial charge >= 0.3 is 5.97 Å². The van der Waals surface area contributed by atoms with Gasteiger partial charge in [-0.2, -0.15) is 5.26 Å². The normalized spacial score (nSPS) is 13.9. The quantitative estimate of drug-likeness (QED) is 0.572. The van der Waals surface area contributed by atoms with Gasteiger partial charge in [-0.1, -0.05) is 11.6 Å². The zero-order chi connectivity index (χ0) is 22.0. The number of benzene rings is 1. The molecule has 1 fully saturated rings. The molecule has 0 unspecified atom stereocenters. The van der Waals surface area contributed by atoms with E-state index < -0.39 is 11.8 Å². The Labute approximate surface area is 183 Å². The SMILES string of the molecule is CCOC(=O)c1ccc(N2CCN(c3c(C#N)cnc4c(F)ccc(Cl)c34)CC2)nc1. The summed E-state index contributed by atoms with van der Waals surface area (Å²) >= 11 is 6.37. The number of anilines is 2. The highest BCUT2D eigenvalue weighted by molar-refractivity contribution is 6.36. The number of esters is 1. The molecule has 0 N–H and O–H groups in total. The standard InChI is InChI=1S/C22H19ClFN5O2/c1-2-31-22(30)14-3-6-18(26-12-14)28-7-9-29(10-8-28)21-15(11-25)13-27-20-17(24)5-4-16(23)19(20)21/h3-6,12-13H,2,7-10H2,1H3. The Morgan fingerprint density at radius 3 is 2.55 bits per heavy atom. The lowest BCUT2D eigenvalue weighted by Gasteiger charge is -2.37. The highest BCUT2D eigenvalue weighted by atomic mass is 35.5. The average molecular weight is 440 g/mol. The molecule has 1 aliphatic rings. The van der Waals surface area contributed by atoms with Crippen LogP contribution in [0.25, 0.3) is 10.9 Å². The highest BCUT2D eigenvalue weighted by Gasteiger charge is 2.24. The van der Waals surface area contributed by atoms with Gasteiger partial charge < -0.3 is 14.5 Å². The number of hydrogen-bond acceptors (Lipinski definition) is 7. The molecule has 0 saturated carbocycles. The number of pyridine rings is 2. The Bertz CT molecular complexity index is 1170. The highest BCUT2D eigenvalue weighted by Crippen LogP contribution is 2.36. The Kier molecular flexibility index (Phi) is 5.87. The third-order valence-corrected chi connectivity index (χ3v) is 5.51. The first-order valence-electron chi connectivity index (χ1n) is 9.83. The summed E-state index contributed by atoms with van der Waals surface area (Å²) in [4.78, 5) is 24.4. The van der Waals surface area contributed by atoms with E-state index >= 15 is 0 Å². The zero-order valence-corrected chi connectivity index (χ0v) is 17.6. The first-order chi connectivity index (χ1) is 15.0. The molecule has 0 bridgehead atoms. The molecular formula is C22H19ClFN5O2. The van der Waals surface area contributed by atoms with Crippen LogP contribution in [0.4, 0.5) is 15.9 Å². The van der Waals surface area contributed by atoms with Crippen LogP contribution < -0.4 is 9.80 Å². The maximum Gasteiger partial charge on any atom is 0.339 e. The lowest BCUT2D eigenvalue weighted by molar-refractivity contribution is 0.0526. The van der Waals surface area contributed by atoms with E-state index in [4.69, 9.17) is 16.3 Å². The van der Waals surface area contributed by atoms with Gasteiger partial charge in [-0.15, -0.1) is 0 Å². The molecule has 31 heavy (non-hydrogen) atoms. The van der Waals surface area contributed by atoms with Gasteiger partial charge in [0.25, 0.3) is 0 Å². The number of carbonyl (C=O) groups is 1. The van der Waals surface area contributed by atoms with Gasteiger partial charge in [-0.05, 0) is 31.2 Å². The second kappa shape index (κ2) is 8.74. The molecule has 0 radical (unpaired) electrons. The van der Waals surface area contributed by atoms with Crippen molar-refractivity contribution in [2.24, 2.45) is 0 Å². The van der Waals surface area contributed by atoms with Crippen LogP contribution >= 0.6 is 11.6 Å². The first kappa shape index (κ1) is 20.8. The van der Waals surface area contributed by atoms with E-state index in [-0.39, 0.29) is 5.52 Å². The Morgan fingerprint density at radius 2 is 1.90 bits per heavy atom. The van der Waals surface area contributed by atoms with E-state index in [1.54, 1.807) is 19.1 Å². The van der Waals surface area contributed by atoms with E-state index in [0.717, 1.165) is 5.82 Å². The zero-order valence-electron chi connectivity index (χ0n) is 16.8. The maximum atomic E-state index is 14.3. The molecule has 1 aromatic carbocycles. The summed E-state index contributed by atoms with van der Waals surface area (Å²) in [5.74, 6) is -0.129. The first-order valence-corrected chi connectivity index (χ1v) is 10.2. The van der Waals surface area contributed by atoms with Crippen molar-refractivity contribution in [3.63, 3.8) is 0 Å². The summed E-state index contributed by atoms with van der Waals surface area (Å²) in [6.07, 6.45) is 2.89. The molecule has 0 atom stereocenters. The van der Waals surface area contributed by atoms with E-state index in [1.165, 1.54) is 24.5 Å².